The molecular formula is C21H22N2O2. The van der Waals surface area contributed by atoms with Crippen molar-refractivity contribution in [3.63, 3.8) is 0 Å². The summed E-state index contributed by atoms with van der Waals surface area (Å²) in [6, 6.07) is 16.3. The fraction of sp³-hybridized carbons (Fsp3) is 0.238. The van der Waals surface area contributed by atoms with Gasteiger partial charge < -0.3 is 10.1 Å². The van der Waals surface area contributed by atoms with Crippen molar-refractivity contribution < 1.29 is 9.53 Å². The Bertz CT molecular complexity index is 974. The molecule has 0 aliphatic rings. The van der Waals surface area contributed by atoms with E-state index in [1.165, 1.54) is 7.11 Å². The lowest BCUT2D eigenvalue weighted by atomic mass is 9.86. The van der Waals surface area contributed by atoms with Gasteiger partial charge in [0.2, 0.25) is 0 Å². The molecule has 128 valence electrons. The normalized spacial score (nSPS) is 12.4. The smallest absolute Gasteiger partial charge is 0.315 e. The van der Waals surface area contributed by atoms with Gasteiger partial charge in [-0.2, -0.15) is 0 Å². The van der Waals surface area contributed by atoms with E-state index >= 15 is 0 Å². The average molecular weight is 334 g/mol. The second-order valence-corrected chi connectivity index (χ2v) is 6.61. The van der Waals surface area contributed by atoms with E-state index < -0.39 is 5.41 Å². The van der Waals surface area contributed by atoms with Gasteiger partial charge in [-0.05, 0) is 37.8 Å². The molecule has 4 heteroatoms. The molecule has 1 heterocycles. The third-order valence-corrected chi connectivity index (χ3v) is 4.72. The molecule has 0 unspecified atom stereocenters. The van der Waals surface area contributed by atoms with Crippen molar-refractivity contribution in [2.24, 2.45) is 5.41 Å². The van der Waals surface area contributed by atoms with Crippen LogP contribution in [0.1, 0.15) is 20.8 Å². The number of carbonyl (C=O) groups is 1. The number of para-hydroxylation sites is 1. The molecule has 0 atom stereocenters. The number of esters is 1. The van der Waals surface area contributed by atoms with Crippen LogP contribution in [-0.2, 0) is 9.53 Å². The minimum Gasteiger partial charge on any atom is -0.468 e. The van der Waals surface area contributed by atoms with Gasteiger partial charge in [0.05, 0.1) is 18.0 Å². The summed E-state index contributed by atoms with van der Waals surface area (Å²) < 4.78 is 4.89. The maximum absolute atomic E-state index is 12.0. The number of ether oxygens (including phenoxy) is 1. The first-order valence-corrected chi connectivity index (χ1v) is 8.25. The van der Waals surface area contributed by atoms with E-state index in [4.69, 9.17) is 9.72 Å². The lowest BCUT2D eigenvalue weighted by Crippen LogP contribution is -2.27. The summed E-state index contributed by atoms with van der Waals surface area (Å²) in [4.78, 5) is 16.7. The van der Waals surface area contributed by atoms with E-state index in [0.29, 0.717) is 0 Å². The zero-order valence-electron chi connectivity index (χ0n) is 15.0. The molecule has 0 aliphatic carbocycles. The van der Waals surface area contributed by atoms with Crippen molar-refractivity contribution in [2.45, 2.75) is 20.8 Å². The highest BCUT2D eigenvalue weighted by atomic mass is 16.5. The summed E-state index contributed by atoms with van der Waals surface area (Å²) in [6.07, 6.45) is 1.83. The third-order valence-electron chi connectivity index (χ3n) is 4.72. The fourth-order valence-corrected chi connectivity index (χ4v) is 2.79. The van der Waals surface area contributed by atoms with Gasteiger partial charge in [0.1, 0.15) is 5.82 Å². The molecule has 0 saturated carbocycles. The quantitative estimate of drug-likeness (QED) is 0.544. The Labute approximate surface area is 147 Å². The topological polar surface area (TPSA) is 51.2 Å². The Hall–Kier alpha value is -2.88. The van der Waals surface area contributed by atoms with Crippen molar-refractivity contribution in [1.82, 2.24) is 4.98 Å². The summed E-state index contributed by atoms with van der Waals surface area (Å²) >= 11 is 0. The van der Waals surface area contributed by atoms with Crippen LogP contribution < -0.4 is 5.32 Å². The van der Waals surface area contributed by atoms with Crippen molar-refractivity contribution in [3.05, 3.63) is 60.3 Å². The van der Waals surface area contributed by atoms with E-state index in [1.54, 1.807) is 0 Å². The zero-order valence-corrected chi connectivity index (χ0v) is 15.0. The third kappa shape index (κ3) is 3.07. The van der Waals surface area contributed by atoms with Gasteiger partial charge >= 0.3 is 5.97 Å². The number of fused-ring (bicyclic) bond motifs is 3. The van der Waals surface area contributed by atoms with Gasteiger partial charge in [-0.3, -0.25) is 4.79 Å². The van der Waals surface area contributed by atoms with E-state index in [2.05, 4.69) is 17.4 Å². The Morgan fingerprint density at radius 2 is 1.64 bits per heavy atom. The molecule has 0 aliphatic heterocycles. The van der Waals surface area contributed by atoms with Crippen LogP contribution >= 0.6 is 0 Å². The van der Waals surface area contributed by atoms with E-state index in [9.17, 15) is 4.79 Å². The highest BCUT2D eigenvalue weighted by Gasteiger charge is 2.30. The molecule has 4 nitrogen and oxygen atoms in total. The van der Waals surface area contributed by atoms with Gasteiger partial charge in [-0.1, -0.05) is 42.5 Å². The number of aromatic nitrogens is 1. The SMILES string of the molecule is COC(=O)C(C)(C)/C(C)=C/Nc1nc2ccccc2c2ccccc12. The summed E-state index contributed by atoms with van der Waals surface area (Å²) in [5.41, 5.74) is 1.11. The summed E-state index contributed by atoms with van der Waals surface area (Å²) in [5, 5.41) is 6.60. The lowest BCUT2D eigenvalue weighted by Gasteiger charge is -2.22. The number of carbonyl (C=O) groups excluding carboxylic acids is 1. The minimum absolute atomic E-state index is 0.264. The maximum atomic E-state index is 12.0. The fourth-order valence-electron chi connectivity index (χ4n) is 2.79. The molecule has 1 N–H and O–H groups in total. The second-order valence-electron chi connectivity index (χ2n) is 6.61. The number of anilines is 1. The van der Waals surface area contributed by atoms with Crippen molar-refractivity contribution >= 4 is 33.5 Å². The van der Waals surface area contributed by atoms with Gasteiger partial charge in [0.25, 0.3) is 0 Å². The van der Waals surface area contributed by atoms with Gasteiger partial charge in [-0.25, -0.2) is 4.98 Å². The number of rotatable bonds is 4. The van der Waals surface area contributed by atoms with Crippen molar-refractivity contribution in [3.8, 4) is 0 Å². The first-order chi connectivity index (χ1) is 11.9. The van der Waals surface area contributed by atoms with Crippen LogP contribution in [0, 0.1) is 5.41 Å². The largest absolute Gasteiger partial charge is 0.468 e. The van der Waals surface area contributed by atoms with Crippen molar-refractivity contribution in [2.75, 3.05) is 12.4 Å². The van der Waals surface area contributed by atoms with Gasteiger partial charge in [0.15, 0.2) is 0 Å². The Morgan fingerprint density at radius 3 is 2.32 bits per heavy atom. The molecule has 0 spiro atoms. The van der Waals surface area contributed by atoms with E-state index in [-0.39, 0.29) is 5.97 Å². The minimum atomic E-state index is -0.700. The summed E-state index contributed by atoms with van der Waals surface area (Å²) in [7, 11) is 1.41. The highest BCUT2D eigenvalue weighted by Crippen LogP contribution is 2.31. The second kappa shape index (κ2) is 6.55. The molecule has 25 heavy (non-hydrogen) atoms. The van der Waals surface area contributed by atoms with Crippen LogP contribution in [0.3, 0.4) is 0 Å². The summed E-state index contributed by atoms with van der Waals surface area (Å²) in [6.45, 7) is 5.60. The predicted molar refractivity (Wildman–Crippen MR) is 102 cm³/mol. The van der Waals surface area contributed by atoms with Crippen LogP contribution in [0.5, 0.6) is 0 Å². The van der Waals surface area contributed by atoms with Gasteiger partial charge in [0, 0.05) is 17.0 Å². The van der Waals surface area contributed by atoms with Crippen LogP contribution in [0.4, 0.5) is 5.82 Å². The number of hydrogen-bond acceptors (Lipinski definition) is 4. The number of nitrogens with one attached hydrogen (secondary N) is 1. The Balaban J connectivity index is 2.07. The molecule has 0 bridgehead atoms. The molecular weight excluding hydrogens is 312 g/mol. The molecule has 3 rings (SSSR count). The maximum Gasteiger partial charge on any atom is 0.315 e. The standard InChI is InChI=1S/C21H22N2O2/c1-14(21(2,3)20(24)25-4)13-22-19-17-11-6-5-9-15(17)16-10-7-8-12-18(16)23-19/h5-13H,1-4H3,(H,22,23)/b14-13+. The Morgan fingerprint density at radius 1 is 1.04 bits per heavy atom. The number of nitrogens with zero attached hydrogens (tertiary/aromatic N) is 1. The Kier molecular flexibility index (Phi) is 4.45. The van der Waals surface area contributed by atoms with Crippen LogP contribution in [0.2, 0.25) is 0 Å². The highest BCUT2D eigenvalue weighted by molar-refractivity contribution is 6.10. The molecule has 3 aromatic rings. The molecule has 1 aromatic heterocycles. The molecule has 0 radical (unpaired) electrons. The van der Waals surface area contributed by atoms with E-state index in [1.807, 2.05) is 63.4 Å². The van der Waals surface area contributed by atoms with Crippen LogP contribution in [-0.4, -0.2) is 18.1 Å². The van der Waals surface area contributed by atoms with Gasteiger partial charge in [-0.15, -0.1) is 0 Å². The first kappa shape index (κ1) is 17.0. The zero-order chi connectivity index (χ0) is 18.0. The van der Waals surface area contributed by atoms with Crippen LogP contribution in [0.15, 0.2) is 60.3 Å². The van der Waals surface area contributed by atoms with E-state index in [0.717, 1.165) is 33.1 Å². The van der Waals surface area contributed by atoms with Crippen molar-refractivity contribution in [1.29, 1.82) is 0 Å². The molecule has 0 saturated heterocycles. The number of pyridine rings is 1. The summed E-state index contributed by atoms with van der Waals surface area (Å²) in [5.74, 6) is 0.508. The number of hydrogen-bond donors (Lipinski definition) is 1. The monoisotopic (exact) mass is 334 g/mol. The first-order valence-electron chi connectivity index (χ1n) is 8.25. The molecule has 0 amide bonds. The number of benzene rings is 2. The van der Waals surface area contributed by atoms with Crippen LogP contribution in [0.25, 0.3) is 21.7 Å². The molecule has 0 fully saturated rings. The predicted octanol–water partition coefficient (Wildman–Crippen LogP) is 4.90. The number of methoxy groups -OCH3 is 1. The average Bonchev–Trinajstić information content (AvgIpc) is 2.65. The molecule has 2 aromatic carbocycles. The lowest BCUT2D eigenvalue weighted by molar-refractivity contribution is -0.148.